The summed E-state index contributed by atoms with van der Waals surface area (Å²) in [7, 11) is 0. The quantitative estimate of drug-likeness (QED) is 0.907. The Balaban J connectivity index is 2.18. The maximum Gasteiger partial charge on any atom is 0.311 e. The highest BCUT2D eigenvalue weighted by molar-refractivity contribution is 9.10. The lowest BCUT2D eigenvalue weighted by Gasteiger charge is -2.20. The Labute approximate surface area is 118 Å². The lowest BCUT2D eigenvalue weighted by atomic mass is 9.90. The van der Waals surface area contributed by atoms with Crippen molar-refractivity contribution in [2.24, 2.45) is 5.41 Å². The van der Waals surface area contributed by atoms with Gasteiger partial charge < -0.3 is 10.0 Å². The van der Waals surface area contributed by atoms with Crippen LogP contribution in [0.2, 0.25) is 0 Å². The Hall–Kier alpha value is -1.43. The topological polar surface area (TPSA) is 57.6 Å². The van der Waals surface area contributed by atoms with Crippen molar-refractivity contribution in [2.45, 2.75) is 13.3 Å². The van der Waals surface area contributed by atoms with Gasteiger partial charge in [-0.1, -0.05) is 0 Å². The molecular weight excluding hydrogens is 317 g/mol. The molecule has 0 radical (unpaired) electrons. The Morgan fingerprint density at radius 1 is 1.47 bits per heavy atom. The number of carbonyl (C=O) groups is 2. The van der Waals surface area contributed by atoms with E-state index in [0.717, 1.165) is 6.07 Å². The summed E-state index contributed by atoms with van der Waals surface area (Å²) in [5, 5.41) is 9.12. The molecule has 0 aliphatic carbocycles. The Morgan fingerprint density at radius 3 is 2.68 bits per heavy atom. The van der Waals surface area contributed by atoms with Crippen LogP contribution in [0, 0.1) is 11.2 Å². The summed E-state index contributed by atoms with van der Waals surface area (Å²) in [5.41, 5.74) is -0.681. The lowest BCUT2D eigenvalue weighted by Crippen LogP contribution is -2.34. The van der Waals surface area contributed by atoms with Crippen LogP contribution in [0.25, 0.3) is 0 Å². The number of nitrogens with zero attached hydrogens (tertiary/aromatic N) is 1. The zero-order chi connectivity index (χ0) is 14.2. The number of carbonyl (C=O) groups excluding carboxylic acids is 1. The molecule has 0 aromatic heterocycles. The first-order valence-electron chi connectivity index (χ1n) is 5.81. The van der Waals surface area contributed by atoms with Crippen LogP contribution in [0.4, 0.5) is 4.39 Å². The number of benzene rings is 1. The fourth-order valence-electron chi connectivity index (χ4n) is 2.12. The Morgan fingerprint density at radius 2 is 2.16 bits per heavy atom. The Kier molecular flexibility index (Phi) is 3.62. The van der Waals surface area contributed by atoms with Gasteiger partial charge in [0, 0.05) is 18.7 Å². The standard InChI is InChI=1S/C13H13BrFNO3/c1-13(12(18)19)4-5-16(7-13)11(17)8-2-3-9(14)10(15)6-8/h2-3,6H,4-5,7H2,1H3,(H,18,19)/t13-/m1/s1. The number of carboxylic acids is 1. The smallest absolute Gasteiger partial charge is 0.311 e. The van der Waals surface area contributed by atoms with E-state index >= 15 is 0 Å². The number of halogens is 2. The van der Waals surface area contributed by atoms with Gasteiger partial charge in [0.1, 0.15) is 5.82 Å². The maximum atomic E-state index is 13.4. The summed E-state index contributed by atoms with van der Waals surface area (Å²) >= 11 is 3.02. The molecule has 6 heteroatoms. The minimum atomic E-state index is -0.913. The fraction of sp³-hybridized carbons (Fsp3) is 0.385. The molecule has 102 valence electrons. The van der Waals surface area contributed by atoms with Crippen LogP contribution in [0.15, 0.2) is 22.7 Å². The van der Waals surface area contributed by atoms with Crippen molar-refractivity contribution in [2.75, 3.05) is 13.1 Å². The minimum absolute atomic E-state index is 0.152. The van der Waals surface area contributed by atoms with Crippen LogP contribution in [0.3, 0.4) is 0 Å². The summed E-state index contributed by atoms with van der Waals surface area (Å²) in [6.07, 6.45) is 0.410. The number of hydrogen-bond acceptors (Lipinski definition) is 2. The van der Waals surface area contributed by atoms with Crippen LogP contribution in [-0.2, 0) is 4.79 Å². The van der Waals surface area contributed by atoms with Crippen LogP contribution in [0.5, 0.6) is 0 Å². The van der Waals surface area contributed by atoms with E-state index in [1.54, 1.807) is 6.92 Å². The van der Waals surface area contributed by atoms with E-state index in [4.69, 9.17) is 5.11 Å². The number of amides is 1. The predicted molar refractivity (Wildman–Crippen MR) is 70.4 cm³/mol. The van der Waals surface area contributed by atoms with Crippen molar-refractivity contribution in [3.05, 3.63) is 34.1 Å². The highest BCUT2D eigenvalue weighted by atomic mass is 79.9. The van der Waals surface area contributed by atoms with Gasteiger partial charge in [-0.15, -0.1) is 0 Å². The SMILES string of the molecule is C[C@@]1(C(=O)O)CCN(C(=O)c2ccc(Br)c(F)c2)C1. The van der Waals surface area contributed by atoms with E-state index in [9.17, 15) is 14.0 Å². The summed E-state index contributed by atoms with van der Waals surface area (Å²) in [6, 6.07) is 4.14. The van der Waals surface area contributed by atoms with Gasteiger partial charge in [-0.05, 0) is 47.5 Å². The van der Waals surface area contributed by atoms with Gasteiger partial charge in [-0.2, -0.15) is 0 Å². The summed E-state index contributed by atoms with van der Waals surface area (Å²) < 4.78 is 13.7. The molecule has 1 aliphatic heterocycles. The van der Waals surface area contributed by atoms with Gasteiger partial charge in [0.15, 0.2) is 0 Å². The number of rotatable bonds is 2. The van der Waals surface area contributed by atoms with E-state index in [2.05, 4.69) is 15.9 Å². The molecule has 1 amide bonds. The second kappa shape index (κ2) is 4.92. The zero-order valence-electron chi connectivity index (χ0n) is 10.3. The van der Waals surface area contributed by atoms with Crippen molar-refractivity contribution < 1.29 is 19.1 Å². The molecule has 0 spiro atoms. The van der Waals surface area contributed by atoms with E-state index < -0.39 is 17.2 Å². The molecule has 1 saturated heterocycles. The highest BCUT2D eigenvalue weighted by Crippen LogP contribution is 2.31. The predicted octanol–water partition coefficient (Wildman–Crippen LogP) is 2.53. The highest BCUT2D eigenvalue weighted by Gasteiger charge is 2.42. The minimum Gasteiger partial charge on any atom is -0.481 e. The monoisotopic (exact) mass is 329 g/mol. The maximum absolute atomic E-state index is 13.4. The number of carboxylic acid groups (broad SMARTS) is 1. The summed E-state index contributed by atoms with van der Waals surface area (Å²) in [4.78, 5) is 24.7. The van der Waals surface area contributed by atoms with Crippen LogP contribution < -0.4 is 0 Å². The summed E-state index contributed by atoms with van der Waals surface area (Å²) in [6.45, 7) is 2.14. The molecule has 19 heavy (non-hydrogen) atoms. The first-order chi connectivity index (χ1) is 8.83. The largest absolute Gasteiger partial charge is 0.481 e. The van der Waals surface area contributed by atoms with Crippen LogP contribution >= 0.6 is 15.9 Å². The molecule has 1 aromatic rings. The first-order valence-corrected chi connectivity index (χ1v) is 6.60. The van der Waals surface area contributed by atoms with E-state index in [1.807, 2.05) is 0 Å². The van der Waals surface area contributed by atoms with E-state index in [1.165, 1.54) is 17.0 Å². The zero-order valence-corrected chi connectivity index (χ0v) is 11.9. The van der Waals surface area contributed by atoms with Crippen molar-refractivity contribution >= 4 is 27.8 Å². The third-order valence-electron chi connectivity index (χ3n) is 3.44. The molecule has 4 nitrogen and oxygen atoms in total. The normalized spacial score (nSPS) is 22.6. The van der Waals surface area contributed by atoms with Gasteiger partial charge in [0.05, 0.1) is 9.89 Å². The van der Waals surface area contributed by atoms with Gasteiger partial charge in [-0.25, -0.2) is 4.39 Å². The van der Waals surface area contributed by atoms with Crippen molar-refractivity contribution in [3.63, 3.8) is 0 Å². The van der Waals surface area contributed by atoms with Crippen molar-refractivity contribution in [1.82, 2.24) is 4.90 Å². The lowest BCUT2D eigenvalue weighted by molar-refractivity contribution is -0.147. The molecule has 1 fully saturated rings. The second-order valence-electron chi connectivity index (χ2n) is 4.97. The first kappa shape index (κ1) is 14.0. The number of likely N-dealkylation sites (tertiary alicyclic amines) is 1. The second-order valence-corrected chi connectivity index (χ2v) is 5.83. The van der Waals surface area contributed by atoms with Crippen LogP contribution in [0.1, 0.15) is 23.7 Å². The van der Waals surface area contributed by atoms with Gasteiger partial charge >= 0.3 is 5.97 Å². The van der Waals surface area contributed by atoms with Crippen molar-refractivity contribution in [3.8, 4) is 0 Å². The molecule has 1 N–H and O–H groups in total. The molecule has 0 bridgehead atoms. The van der Waals surface area contributed by atoms with Crippen molar-refractivity contribution in [1.29, 1.82) is 0 Å². The Bertz CT molecular complexity index is 549. The molecule has 2 rings (SSSR count). The third-order valence-corrected chi connectivity index (χ3v) is 4.09. The third kappa shape index (κ3) is 2.63. The van der Waals surface area contributed by atoms with Gasteiger partial charge in [0.2, 0.25) is 0 Å². The fourth-order valence-corrected chi connectivity index (χ4v) is 2.37. The number of hydrogen-bond donors (Lipinski definition) is 1. The molecule has 1 aromatic carbocycles. The van der Waals surface area contributed by atoms with E-state index in [-0.39, 0.29) is 18.0 Å². The molecule has 1 heterocycles. The average molecular weight is 330 g/mol. The van der Waals surface area contributed by atoms with Gasteiger partial charge in [0.25, 0.3) is 5.91 Å². The molecule has 1 atom stereocenters. The molecule has 0 unspecified atom stereocenters. The summed E-state index contributed by atoms with van der Waals surface area (Å²) in [5.74, 6) is -1.76. The number of aliphatic carboxylic acids is 1. The van der Waals surface area contributed by atoms with E-state index in [0.29, 0.717) is 17.4 Å². The average Bonchev–Trinajstić information content (AvgIpc) is 2.76. The molecular formula is C13H13BrFNO3. The molecule has 0 saturated carbocycles. The van der Waals surface area contributed by atoms with Gasteiger partial charge in [-0.3, -0.25) is 9.59 Å². The molecule has 1 aliphatic rings. The van der Waals surface area contributed by atoms with Crippen LogP contribution in [-0.4, -0.2) is 35.0 Å².